The molecule has 0 bridgehead atoms. The van der Waals surface area contributed by atoms with Crippen molar-refractivity contribution in [3.63, 3.8) is 0 Å². The standard InChI is InChI=1S/C17H36O5Si/c1-5-10-20-23(21-11-6-2,22-12-7-3)16(4)9-8-13-18-14-17-15-19-17/h16-17H,5-15H2,1-4H3. The Labute approximate surface area is 143 Å². The zero-order chi connectivity index (χ0) is 17.0. The van der Waals surface area contributed by atoms with Crippen LogP contribution in [0.1, 0.15) is 59.8 Å². The van der Waals surface area contributed by atoms with Crippen LogP contribution in [0.15, 0.2) is 0 Å². The van der Waals surface area contributed by atoms with Gasteiger partial charge in [-0.15, -0.1) is 0 Å². The van der Waals surface area contributed by atoms with Gasteiger partial charge < -0.3 is 22.8 Å². The van der Waals surface area contributed by atoms with Gasteiger partial charge in [-0.25, -0.2) is 0 Å². The summed E-state index contributed by atoms with van der Waals surface area (Å²) < 4.78 is 29.3. The van der Waals surface area contributed by atoms with Crippen molar-refractivity contribution in [3.8, 4) is 0 Å². The molecule has 1 aliphatic heterocycles. The van der Waals surface area contributed by atoms with Crippen molar-refractivity contribution in [2.75, 3.05) is 39.6 Å². The summed E-state index contributed by atoms with van der Waals surface area (Å²) in [4.78, 5) is 0. The quantitative estimate of drug-likeness (QED) is 0.241. The van der Waals surface area contributed by atoms with Crippen molar-refractivity contribution in [3.05, 3.63) is 0 Å². The number of hydrogen-bond acceptors (Lipinski definition) is 5. The fourth-order valence-corrected chi connectivity index (χ4v) is 5.46. The molecule has 0 radical (unpaired) electrons. The van der Waals surface area contributed by atoms with Crippen LogP contribution in [0.25, 0.3) is 0 Å². The maximum Gasteiger partial charge on any atom is 0.503 e. The monoisotopic (exact) mass is 348 g/mol. The predicted molar refractivity (Wildman–Crippen MR) is 93.7 cm³/mol. The van der Waals surface area contributed by atoms with E-state index >= 15 is 0 Å². The normalized spacial score (nSPS) is 19.0. The van der Waals surface area contributed by atoms with Crippen LogP contribution in [0, 0.1) is 0 Å². The van der Waals surface area contributed by atoms with Gasteiger partial charge >= 0.3 is 8.80 Å². The topological polar surface area (TPSA) is 49.5 Å². The van der Waals surface area contributed by atoms with Gasteiger partial charge in [-0.2, -0.15) is 0 Å². The molecule has 0 aromatic rings. The molecule has 23 heavy (non-hydrogen) atoms. The third kappa shape index (κ3) is 8.61. The Morgan fingerprint density at radius 2 is 1.48 bits per heavy atom. The summed E-state index contributed by atoms with van der Waals surface area (Å²) in [5.41, 5.74) is 0.299. The van der Waals surface area contributed by atoms with Crippen LogP contribution in [0.3, 0.4) is 0 Å². The molecule has 5 nitrogen and oxygen atoms in total. The van der Waals surface area contributed by atoms with Gasteiger partial charge in [0.25, 0.3) is 0 Å². The Kier molecular flexibility index (Phi) is 11.3. The first-order valence-electron chi connectivity index (χ1n) is 9.29. The molecule has 0 spiro atoms. The first kappa shape index (κ1) is 21.1. The molecule has 0 amide bonds. The van der Waals surface area contributed by atoms with E-state index in [0.717, 1.165) is 51.9 Å². The van der Waals surface area contributed by atoms with Crippen LogP contribution in [-0.4, -0.2) is 54.5 Å². The first-order chi connectivity index (χ1) is 11.2. The summed E-state index contributed by atoms with van der Waals surface area (Å²) in [5.74, 6) is 0. The van der Waals surface area contributed by atoms with E-state index in [-0.39, 0.29) is 0 Å². The minimum Gasteiger partial charge on any atom is -0.379 e. The molecule has 1 rings (SSSR count). The van der Waals surface area contributed by atoms with Gasteiger partial charge in [0.2, 0.25) is 0 Å². The SMILES string of the molecule is CCCO[Si](OCCC)(OCCC)C(C)CCCOCC1CO1. The molecule has 6 heteroatoms. The number of ether oxygens (including phenoxy) is 2. The lowest BCUT2D eigenvalue weighted by molar-refractivity contribution is 0.0481. The molecule has 2 atom stereocenters. The summed E-state index contributed by atoms with van der Waals surface area (Å²) in [6.45, 7) is 13.0. The van der Waals surface area contributed by atoms with Crippen LogP contribution in [0.4, 0.5) is 0 Å². The molecule has 0 N–H and O–H groups in total. The maximum absolute atomic E-state index is 6.18. The summed E-state index contributed by atoms with van der Waals surface area (Å²) in [6.07, 6.45) is 5.30. The molecule has 0 aromatic heterocycles. The largest absolute Gasteiger partial charge is 0.503 e. The highest BCUT2D eigenvalue weighted by atomic mass is 28.4. The lowest BCUT2D eigenvalue weighted by Gasteiger charge is -2.34. The Hall–Kier alpha value is 0.0169. The minimum absolute atomic E-state index is 0.299. The van der Waals surface area contributed by atoms with Crippen molar-refractivity contribution >= 4 is 8.80 Å². The zero-order valence-corrected chi connectivity index (χ0v) is 16.5. The fraction of sp³-hybridized carbons (Fsp3) is 1.00. The van der Waals surface area contributed by atoms with Gasteiger partial charge in [0.15, 0.2) is 0 Å². The van der Waals surface area contributed by atoms with E-state index in [9.17, 15) is 0 Å². The Morgan fingerprint density at radius 3 is 1.91 bits per heavy atom. The second-order valence-corrected chi connectivity index (χ2v) is 9.28. The van der Waals surface area contributed by atoms with Crippen LogP contribution in [-0.2, 0) is 22.8 Å². The lowest BCUT2D eigenvalue weighted by atomic mass is 10.2. The van der Waals surface area contributed by atoms with Gasteiger partial charge in [-0.3, -0.25) is 0 Å². The molecular formula is C17H36O5Si. The van der Waals surface area contributed by atoms with Crippen molar-refractivity contribution in [2.45, 2.75) is 71.4 Å². The summed E-state index contributed by atoms with van der Waals surface area (Å²) in [5, 5.41) is 0. The Morgan fingerprint density at radius 1 is 0.957 bits per heavy atom. The van der Waals surface area contributed by atoms with E-state index in [2.05, 4.69) is 27.7 Å². The third-order valence-electron chi connectivity index (χ3n) is 3.76. The van der Waals surface area contributed by atoms with Gasteiger partial charge in [-0.1, -0.05) is 27.7 Å². The Bertz CT molecular complexity index is 264. The summed E-state index contributed by atoms with van der Waals surface area (Å²) in [6, 6.07) is 0. The molecule has 0 aliphatic carbocycles. The molecular weight excluding hydrogens is 312 g/mol. The minimum atomic E-state index is -2.61. The lowest BCUT2D eigenvalue weighted by Crippen LogP contribution is -2.50. The molecule has 2 unspecified atom stereocenters. The maximum atomic E-state index is 6.18. The summed E-state index contributed by atoms with van der Waals surface area (Å²) in [7, 11) is -2.61. The average Bonchev–Trinajstić information content (AvgIpc) is 3.38. The van der Waals surface area contributed by atoms with Crippen LogP contribution >= 0.6 is 0 Å². The fourth-order valence-electron chi connectivity index (χ4n) is 2.33. The highest BCUT2D eigenvalue weighted by Crippen LogP contribution is 2.30. The number of hydrogen-bond donors (Lipinski definition) is 0. The molecule has 1 saturated heterocycles. The van der Waals surface area contributed by atoms with E-state index < -0.39 is 8.80 Å². The average molecular weight is 349 g/mol. The third-order valence-corrected chi connectivity index (χ3v) is 7.07. The van der Waals surface area contributed by atoms with Crippen LogP contribution in [0.2, 0.25) is 5.54 Å². The molecule has 1 aliphatic rings. The number of epoxide rings is 1. The van der Waals surface area contributed by atoms with Gasteiger partial charge in [0.05, 0.1) is 13.2 Å². The highest BCUT2D eigenvalue weighted by Gasteiger charge is 2.46. The van der Waals surface area contributed by atoms with Gasteiger partial charge in [0.1, 0.15) is 6.10 Å². The molecule has 1 fully saturated rings. The first-order valence-corrected chi connectivity index (χ1v) is 11.1. The molecule has 138 valence electrons. The van der Waals surface area contributed by atoms with Crippen molar-refractivity contribution in [1.29, 1.82) is 0 Å². The van der Waals surface area contributed by atoms with Crippen molar-refractivity contribution in [1.82, 2.24) is 0 Å². The van der Waals surface area contributed by atoms with Gasteiger partial charge in [0, 0.05) is 32.0 Å². The second kappa shape index (κ2) is 12.4. The van der Waals surface area contributed by atoms with Crippen molar-refractivity contribution < 1.29 is 22.8 Å². The number of rotatable bonds is 16. The summed E-state index contributed by atoms with van der Waals surface area (Å²) >= 11 is 0. The smallest absolute Gasteiger partial charge is 0.379 e. The zero-order valence-electron chi connectivity index (χ0n) is 15.5. The van der Waals surface area contributed by atoms with Crippen LogP contribution in [0.5, 0.6) is 0 Å². The highest BCUT2D eigenvalue weighted by molar-refractivity contribution is 6.62. The van der Waals surface area contributed by atoms with E-state index in [4.69, 9.17) is 22.8 Å². The van der Waals surface area contributed by atoms with E-state index in [1.165, 1.54) is 0 Å². The second-order valence-electron chi connectivity index (χ2n) is 6.22. The molecule has 0 saturated carbocycles. The van der Waals surface area contributed by atoms with E-state index in [1.807, 2.05) is 0 Å². The van der Waals surface area contributed by atoms with Crippen molar-refractivity contribution in [2.24, 2.45) is 0 Å². The Balaban J connectivity index is 2.45. The van der Waals surface area contributed by atoms with Crippen LogP contribution < -0.4 is 0 Å². The molecule has 0 aromatic carbocycles. The van der Waals surface area contributed by atoms with Gasteiger partial charge in [-0.05, 0) is 32.1 Å². The van der Waals surface area contributed by atoms with E-state index in [1.54, 1.807) is 0 Å². The molecule has 1 heterocycles. The predicted octanol–water partition coefficient (Wildman–Crippen LogP) is 3.79. The van der Waals surface area contributed by atoms with E-state index in [0.29, 0.717) is 31.5 Å².